The van der Waals surface area contributed by atoms with Crippen LogP contribution in [-0.4, -0.2) is 34.8 Å². The summed E-state index contributed by atoms with van der Waals surface area (Å²) in [5.74, 6) is -2.98. The largest absolute Gasteiger partial charge is 0.338 e. The maximum Gasteiger partial charge on any atom is 0.255 e. The van der Waals surface area contributed by atoms with Crippen molar-refractivity contribution < 1.29 is 18.4 Å². The SMILES string of the molecule is Cc1cccc(NC(=O)C2CCCN(C(=O)c3cc(F)c(F)cc3Cl)C2)n1. The lowest BCUT2D eigenvalue weighted by atomic mass is 9.96. The molecule has 1 aromatic heterocycles. The fraction of sp³-hybridized carbons (Fsp3) is 0.316. The van der Waals surface area contributed by atoms with E-state index in [1.165, 1.54) is 4.90 Å². The van der Waals surface area contributed by atoms with Crippen LogP contribution in [0.4, 0.5) is 14.6 Å². The first-order chi connectivity index (χ1) is 12.8. The van der Waals surface area contributed by atoms with E-state index < -0.39 is 23.5 Å². The molecule has 5 nitrogen and oxygen atoms in total. The first kappa shape index (κ1) is 19.2. The summed E-state index contributed by atoms with van der Waals surface area (Å²) in [7, 11) is 0. The zero-order valence-corrected chi connectivity index (χ0v) is 15.4. The average molecular weight is 394 g/mol. The topological polar surface area (TPSA) is 62.3 Å². The number of rotatable bonds is 3. The second-order valence-corrected chi connectivity index (χ2v) is 6.90. The number of halogens is 3. The molecule has 1 N–H and O–H groups in total. The molecule has 1 atom stereocenters. The summed E-state index contributed by atoms with van der Waals surface area (Å²) in [5, 5.41) is 2.60. The van der Waals surface area contributed by atoms with E-state index in [1.807, 2.05) is 13.0 Å². The van der Waals surface area contributed by atoms with E-state index in [-0.39, 0.29) is 23.0 Å². The van der Waals surface area contributed by atoms with Crippen LogP contribution in [0.15, 0.2) is 30.3 Å². The van der Waals surface area contributed by atoms with Gasteiger partial charge >= 0.3 is 0 Å². The van der Waals surface area contributed by atoms with Gasteiger partial charge in [0.05, 0.1) is 16.5 Å². The molecule has 1 unspecified atom stereocenters. The molecule has 0 spiro atoms. The summed E-state index contributed by atoms with van der Waals surface area (Å²) >= 11 is 5.89. The second-order valence-electron chi connectivity index (χ2n) is 6.49. The molecule has 0 aliphatic carbocycles. The van der Waals surface area contributed by atoms with Gasteiger partial charge in [-0.25, -0.2) is 13.8 Å². The van der Waals surface area contributed by atoms with Crippen molar-refractivity contribution in [1.29, 1.82) is 0 Å². The molecule has 1 aliphatic heterocycles. The third kappa shape index (κ3) is 4.42. The van der Waals surface area contributed by atoms with Crippen molar-refractivity contribution in [2.45, 2.75) is 19.8 Å². The lowest BCUT2D eigenvalue weighted by Gasteiger charge is -2.32. The van der Waals surface area contributed by atoms with Crippen molar-refractivity contribution >= 4 is 29.2 Å². The first-order valence-electron chi connectivity index (χ1n) is 8.53. The van der Waals surface area contributed by atoms with E-state index in [9.17, 15) is 18.4 Å². The van der Waals surface area contributed by atoms with Crippen LogP contribution in [0.25, 0.3) is 0 Å². The predicted octanol–water partition coefficient (Wildman–Crippen LogP) is 3.81. The molecule has 2 aromatic rings. The average Bonchev–Trinajstić information content (AvgIpc) is 2.64. The van der Waals surface area contributed by atoms with Crippen molar-refractivity contribution in [3.05, 3.63) is 58.2 Å². The number of nitrogens with one attached hydrogen (secondary N) is 1. The Bertz CT molecular complexity index is 891. The van der Waals surface area contributed by atoms with Gasteiger partial charge in [0.2, 0.25) is 5.91 Å². The summed E-state index contributed by atoms with van der Waals surface area (Å²) in [6.45, 7) is 2.41. The highest BCUT2D eigenvalue weighted by molar-refractivity contribution is 6.33. The number of aromatic nitrogens is 1. The molecule has 1 aliphatic rings. The van der Waals surface area contributed by atoms with E-state index >= 15 is 0 Å². The summed E-state index contributed by atoms with van der Waals surface area (Å²) in [5.41, 5.74) is 0.665. The minimum Gasteiger partial charge on any atom is -0.338 e. The number of carbonyl (C=O) groups is 2. The highest BCUT2D eigenvalue weighted by Gasteiger charge is 2.30. The summed E-state index contributed by atoms with van der Waals surface area (Å²) in [4.78, 5) is 30.9. The summed E-state index contributed by atoms with van der Waals surface area (Å²) in [6, 6.07) is 6.88. The maximum absolute atomic E-state index is 13.5. The van der Waals surface area contributed by atoms with E-state index in [2.05, 4.69) is 10.3 Å². The van der Waals surface area contributed by atoms with E-state index in [1.54, 1.807) is 12.1 Å². The van der Waals surface area contributed by atoms with Crippen molar-refractivity contribution in [1.82, 2.24) is 9.88 Å². The molecule has 27 heavy (non-hydrogen) atoms. The van der Waals surface area contributed by atoms with Crippen LogP contribution in [0.3, 0.4) is 0 Å². The molecule has 8 heteroatoms. The number of amides is 2. The Morgan fingerprint density at radius 3 is 2.74 bits per heavy atom. The van der Waals surface area contributed by atoms with Crippen molar-refractivity contribution in [2.24, 2.45) is 5.92 Å². The van der Waals surface area contributed by atoms with Gasteiger partial charge in [0.15, 0.2) is 11.6 Å². The minimum absolute atomic E-state index is 0.114. The van der Waals surface area contributed by atoms with Gasteiger partial charge in [-0.15, -0.1) is 0 Å². The molecule has 2 heterocycles. The number of likely N-dealkylation sites (tertiary alicyclic amines) is 1. The molecular formula is C19H18ClF2N3O2. The number of hydrogen-bond acceptors (Lipinski definition) is 3. The standard InChI is InChI=1S/C19H18ClF2N3O2/c1-11-4-2-6-17(23-11)24-18(26)12-5-3-7-25(10-12)19(27)13-8-15(21)16(22)9-14(13)20/h2,4,6,8-9,12H,3,5,7,10H2,1H3,(H,23,24,26). The Morgan fingerprint density at radius 1 is 1.26 bits per heavy atom. The Hall–Kier alpha value is -2.54. The van der Waals surface area contributed by atoms with Crippen molar-refractivity contribution in [2.75, 3.05) is 18.4 Å². The molecule has 3 rings (SSSR count). The minimum atomic E-state index is -1.14. The zero-order valence-electron chi connectivity index (χ0n) is 14.6. The summed E-state index contributed by atoms with van der Waals surface area (Å²) in [6.07, 6.45) is 1.24. The van der Waals surface area contributed by atoms with E-state index in [0.717, 1.165) is 17.8 Å². The van der Waals surface area contributed by atoms with E-state index in [0.29, 0.717) is 25.2 Å². The Labute approximate surface area is 160 Å². The number of aryl methyl sites for hydroxylation is 1. The number of hydrogen-bond donors (Lipinski definition) is 1. The molecule has 2 amide bonds. The van der Waals surface area contributed by atoms with Gasteiger partial charge in [0.25, 0.3) is 5.91 Å². The smallest absolute Gasteiger partial charge is 0.255 e. The molecular weight excluding hydrogens is 376 g/mol. The van der Waals surface area contributed by atoms with Gasteiger partial charge in [0, 0.05) is 18.8 Å². The fourth-order valence-electron chi connectivity index (χ4n) is 3.07. The lowest BCUT2D eigenvalue weighted by molar-refractivity contribution is -0.121. The number of carbonyl (C=O) groups excluding carboxylic acids is 2. The van der Waals surface area contributed by atoms with Gasteiger partial charge < -0.3 is 10.2 Å². The van der Waals surface area contributed by atoms with Crippen molar-refractivity contribution in [3.63, 3.8) is 0 Å². The fourth-order valence-corrected chi connectivity index (χ4v) is 3.30. The third-order valence-corrected chi connectivity index (χ3v) is 4.77. The predicted molar refractivity (Wildman–Crippen MR) is 97.6 cm³/mol. The maximum atomic E-state index is 13.5. The van der Waals surface area contributed by atoms with Crippen LogP contribution < -0.4 is 5.32 Å². The van der Waals surface area contributed by atoms with Crippen LogP contribution in [0, 0.1) is 24.5 Å². The van der Waals surface area contributed by atoms with Crippen LogP contribution in [0.1, 0.15) is 28.9 Å². The first-order valence-corrected chi connectivity index (χ1v) is 8.91. The molecule has 1 aromatic carbocycles. The number of anilines is 1. The lowest BCUT2D eigenvalue weighted by Crippen LogP contribution is -2.44. The monoisotopic (exact) mass is 393 g/mol. The van der Waals surface area contributed by atoms with Gasteiger partial charge in [-0.05, 0) is 44.0 Å². The van der Waals surface area contributed by atoms with Gasteiger partial charge in [-0.1, -0.05) is 17.7 Å². The molecule has 0 radical (unpaired) electrons. The van der Waals surface area contributed by atoms with Gasteiger partial charge in [-0.2, -0.15) is 0 Å². The molecule has 142 valence electrons. The summed E-state index contributed by atoms with van der Waals surface area (Å²) < 4.78 is 26.7. The Balaban J connectivity index is 1.71. The van der Waals surface area contributed by atoms with Gasteiger partial charge in [0.1, 0.15) is 5.82 Å². The number of benzene rings is 1. The number of piperidine rings is 1. The van der Waals surface area contributed by atoms with Crippen LogP contribution in [-0.2, 0) is 4.79 Å². The third-order valence-electron chi connectivity index (χ3n) is 4.46. The van der Waals surface area contributed by atoms with Crippen LogP contribution in [0.5, 0.6) is 0 Å². The van der Waals surface area contributed by atoms with Crippen LogP contribution in [0.2, 0.25) is 5.02 Å². The Morgan fingerprint density at radius 2 is 2.00 bits per heavy atom. The molecule has 1 fully saturated rings. The van der Waals surface area contributed by atoms with Crippen LogP contribution >= 0.6 is 11.6 Å². The highest BCUT2D eigenvalue weighted by atomic mass is 35.5. The quantitative estimate of drug-likeness (QED) is 0.806. The van der Waals surface area contributed by atoms with E-state index in [4.69, 9.17) is 11.6 Å². The zero-order chi connectivity index (χ0) is 19.6. The van der Waals surface area contributed by atoms with Crippen molar-refractivity contribution in [3.8, 4) is 0 Å². The molecule has 0 bridgehead atoms. The molecule has 0 saturated carbocycles. The number of pyridine rings is 1. The number of nitrogens with zero attached hydrogens (tertiary/aromatic N) is 2. The normalized spacial score (nSPS) is 16.9. The highest BCUT2D eigenvalue weighted by Crippen LogP contribution is 2.25. The molecule has 1 saturated heterocycles. The second kappa shape index (κ2) is 8.00. The van der Waals surface area contributed by atoms with Gasteiger partial charge in [-0.3, -0.25) is 9.59 Å². The Kier molecular flexibility index (Phi) is 5.70.